The van der Waals surface area contributed by atoms with E-state index in [2.05, 4.69) is 4.98 Å². The van der Waals surface area contributed by atoms with E-state index in [4.69, 9.17) is 22.4 Å². The number of hydrogen-bond acceptors (Lipinski definition) is 3. The molecule has 0 amide bonds. The van der Waals surface area contributed by atoms with Gasteiger partial charge in [0.25, 0.3) is 5.92 Å². The van der Waals surface area contributed by atoms with Gasteiger partial charge in [-0.2, -0.15) is 8.78 Å². The number of carbonyl (C=O) groups is 1. The molecule has 19 heavy (non-hydrogen) atoms. The molecule has 0 atom stereocenters. The molecule has 2 aromatic rings. The Hall–Kier alpha value is -1.95. The Morgan fingerprint density at radius 2 is 2.11 bits per heavy atom. The van der Waals surface area contributed by atoms with Gasteiger partial charge in [-0.1, -0.05) is 11.6 Å². The maximum atomic E-state index is 13.2. The molecular formula is C12H9ClF2N2O2. The predicted octanol–water partition coefficient (Wildman–Crippen LogP) is 3.28. The first-order valence-electron chi connectivity index (χ1n) is 5.22. The van der Waals surface area contributed by atoms with Crippen LogP contribution < -0.4 is 5.73 Å². The minimum absolute atomic E-state index is 0.00614. The van der Waals surface area contributed by atoms with Crippen LogP contribution in [0, 0.1) is 0 Å². The molecule has 1 aromatic carbocycles. The number of rotatable bonds is 2. The van der Waals surface area contributed by atoms with Gasteiger partial charge in [-0.3, -0.25) is 0 Å². The Balaban J connectivity index is 2.79. The largest absolute Gasteiger partial charge is 0.478 e. The highest BCUT2D eigenvalue weighted by atomic mass is 35.5. The standard InChI is InChI=1S/C12H9ClF2N2O2/c1-12(14,15)8-3-2-5-7(17-8)4-6(11(18)19)10(16)9(5)13/h2-4H,16H2,1H3,(H,18,19). The Kier molecular flexibility index (Phi) is 3.06. The van der Waals surface area contributed by atoms with Gasteiger partial charge >= 0.3 is 5.97 Å². The Morgan fingerprint density at radius 1 is 1.47 bits per heavy atom. The second kappa shape index (κ2) is 4.31. The van der Waals surface area contributed by atoms with E-state index in [9.17, 15) is 13.6 Å². The molecule has 0 unspecified atom stereocenters. The number of hydrogen-bond donors (Lipinski definition) is 2. The van der Waals surface area contributed by atoms with Crippen LogP contribution in [-0.4, -0.2) is 16.1 Å². The summed E-state index contributed by atoms with van der Waals surface area (Å²) < 4.78 is 26.4. The average Bonchev–Trinajstić information content (AvgIpc) is 2.31. The number of fused-ring (bicyclic) bond motifs is 1. The maximum absolute atomic E-state index is 13.2. The second-order valence-corrected chi connectivity index (χ2v) is 4.49. The third-order valence-electron chi connectivity index (χ3n) is 2.65. The fraction of sp³-hybridized carbons (Fsp3) is 0.167. The van der Waals surface area contributed by atoms with Crippen LogP contribution in [-0.2, 0) is 5.92 Å². The summed E-state index contributed by atoms with van der Waals surface area (Å²) in [5, 5.41) is 9.29. The lowest BCUT2D eigenvalue weighted by atomic mass is 10.1. The van der Waals surface area contributed by atoms with Crippen molar-refractivity contribution in [3.8, 4) is 0 Å². The minimum Gasteiger partial charge on any atom is -0.478 e. The van der Waals surface area contributed by atoms with Gasteiger partial charge in [-0.05, 0) is 18.2 Å². The molecule has 0 fully saturated rings. The maximum Gasteiger partial charge on any atom is 0.337 e. The molecule has 100 valence electrons. The number of halogens is 3. The molecular weight excluding hydrogens is 278 g/mol. The molecule has 0 spiro atoms. The van der Waals surface area contributed by atoms with Crippen LogP contribution >= 0.6 is 11.6 Å². The summed E-state index contributed by atoms with van der Waals surface area (Å²) in [4.78, 5) is 14.7. The van der Waals surface area contributed by atoms with Crippen LogP contribution in [0.3, 0.4) is 0 Å². The highest BCUT2D eigenvalue weighted by molar-refractivity contribution is 6.38. The number of nitrogens with zero attached hydrogens (tertiary/aromatic N) is 1. The van der Waals surface area contributed by atoms with E-state index in [1.807, 2.05) is 0 Å². The van der Waals surface area contributed by atoms with Gasteiger partial charge in [-0.25, -0.2) is 9.78 Å². The lowest BCUT2D eigenvalue weighted by molar-refractivity contribution is 0.0131. The first kappa shape index (κ1) is 13.5. The number of aromatic carboxylic acids is 1. The van der Waals surface area contributed by atoms with Gasteiger partial charge in [0.05, 0.1) is 21.8 Å². The number of benzene rings is 1. The number of aromatic nitrogens is 1. The summed E-state index contributed by atoms with van der Waals surface area (Å²) in [5.74, 6) is -4.41. The zero-order valence-corrected chi connectivity index (χ0v) is 10.5. The van der Waals surface area contributed by atoms with Gasteiger partial charge in [0.15, 0.2) is 0 Å². The smallest absolute Gasteiger partial charge is 0.337 e. The SMILES string of the molecule is CC(F)(F)c1ccc2c(Cl)c(N)c(C(=O)O)cc2n1. The molecule has 2 rings (SSSR count). The zero-order valence-electron chi connectivity index (χ0n) is 9.75. The highest BCUT2D eigenvalue weighted by Crippen LogP contribution is 2.34. The van der Waals surface area contributed by atoms with Crippen LogP contribution in [0.2, 0.25) is 5.02 Å². The van der Waals surface area contributed by atoms with Crippen molar-refractivity contribution in [1.82, 2.24) is 4.98 Å². The number of carboxylic acid groups (broad SMARTS) is 1. The molecule has 0 saturated heterocycles. The van der Waals surface area contributed by atoms with Crippen LogP contribution in [0.1, 0.15) is 23.0 Å². The summed E-state index contributed by atoms with van der Waals surface area (Å²) in [6.07, 6.45) is 0. The number of carboxylic acids is 1. The van der Waals surface area contributed by atoms with E-state index >= 15 is 0 Å². The predicted molar refractivity (Wildman–Crippen MR) is 67.7 cm³/mol. The number of nitrogen functional groups attached to an aromatic ring is 1. The number of pyridine rings is 1. The molecule has 0 saturated carbocycles. The lowest BCUT2D eigenvalue weighted by Gasteiger charge is -2.12. The Bertz CT molecular complexity index is 683. The van der Waals surface area contributed by atoms with Crippen molar-refractivity contribution in [1.29, 1.82) is 0 Å². The molecule has 3 N–H and O–H groups in total. The quantitative estimate of drug-likeness (QED) is 0.831. The second-order valence-electron chi connectivity index (χ2n) is 4.11. The van der Waals surface area contributed by atoms with Crippen molar-refractivity contribution in [2.75, 3.05) is 5.73 Å². The normalized spacial score (nSPS) is 11.8. The third kappa shape index (κ3) is 2.31. The van der Waals surface area contributed by atoms with E-state index in [0.717, 1.165) is 12.1 Å². The number of alkyl halides is 2. The number of nitrogens with two attached hydrogens (primary N) is 1. The van der Waals surface area contributed by atoms with Crippen molar-refractivity contribution in [2.24, 2.45) is 0 Å². The zero-order chi connectivity index (χ0) is 14.4. The van der Waals surface area contributed by atoms with E-state index in [-0.39, 0.29) is 21.8 Å². The molecule has 4 nitrogen and oxygen atoms in total. The summed E-state index contributed by atoms with van der Waals surface area (Å²) in [6.45, 7) is 0.707. The van der Waals surface area contributed by atoms with E-state index in [1.165, 1.54) is 6.07 Å². The minimum atomic E-state index is -3.12. The van der Waals surface area contributed by atoms with Gasteiger partial charge in [-0.15, -0.1) is 0 Å². The summed E-state index contributed by atoms with van der Waals surface area (Å²) in [5.41, 5.74) is 4.82. The van der Waals surface area contributed by atoms with E-state index in [1.54, 1.807) is 0 Å². The molecule has 0 radical (unpaired) electrons. The van der Waals surface area contributed by atoms with Crippen LogP contribution in [0.15, 0.2) is 18.2 Å². The molecule has 7 heteroatoms. The lowest BCUT2D eigenvalue weighted by Crippen LogP contribution is -2.10. The first-order chi connectivity index (χ1) is 8.71. The van der Waals surface area contributed by atoms with Crippen LogP contribution in [0.4, 0.5) is 14.5 Å². The van der Waals surface area contributed by atoms with Crippen molar-refractivity contribution < 1.29 is 18.7 Å². The summed E-state index contributed by atoms with van der Waals surface area (Å²) in [7, 11) is 0. The third-order valence-corrected chi connectivity index (χ3v) is 3.06. The van der Waals surface area contributed by atoms with Gasteiger partial charge in [0.2, 0.25) is 0 Å². The van der Waals surface area contributed by atoms with Crippen molar-refractivity contribution in [2.45, 2.75) is 12.8 Å². The average molecular weight is 287 g/mol. The van der Waals surface area contributed by atoms with Crippen molar-refractivity contribution in [3.63, 3.8) is 0 Å². The first-order valence-corrected chi connectivity index (χ1v) is 5.60. The fourth-order valence-electron chi connectivity index (χ4n) is 1.67. The van der Waals surface area contributed by atoms with Gasteiger partial charge in [0.1, 0.15) is 5.69 Å². The molecule has 0 bridgehead atoms. The Morgan fingerprint density at radius 3 is 2.63 bits per heavy atom. The number of anilines is 1. The summed E-state index contributed by atoms with van der Waals surface area (Å²) >= 11 is 5.93. The monoisotopic (exact) mass is 286 g/mol. The van der Waals surface area contributed by atoms with Gasteiger partial charge < -0.3 is 10.8 Å². The van der Waals surface area contributed by atoms with E-state index in [0.29, 0.717) is 12.3 Å². The van der Waals surface area contributed by atoms with Gasteiger partial charge in [0, 0.05) is 12.3 Å². The molecule has 1 heterocycles. The molecule has 0 aliphatic carbocycles. The van der Waals surface area contributed by atoms with Crippen LogP contribution in [0.5, 0.6) is 0 Å². The van der Waals surface area contributed by atoms with Crippen molar-refractivity contribution in [3.05, 3.63) is 34.5 Å². The molecule has 0 aliphatic rings. The molecule has 1 aromatic heterocycles. The fourth-order valence-corrected chi connectivity index (χ4v) is 1.93. The highest BCUT2D eigenvalue weighted by Gasteiger charge is 2.27. The Labute approximate surface area is 111 Å². The van der Waals surface area contributed by atoms with E-state index < -0.39 is 17.6 Å². The van der Waals surface area contributed by atoms with Crippen molar-refractivity contribution >= 4 is 34.2 Å². The topological polar surface area (TPSA) is 76.2 Å². The molecule has 0 aliphatic heterocycles. The van der Waals surface area contributed by atoms with Crippen LogP contribution in [0.25, 0.3) is 10.9 Å². The summed E-state index contributed by atoms with van der Waals surface area (Å²) in [6, 6.07) is 3.61.